The monoisotopic (exact) mass is 474 g/mol. The Kier molecular flexibility index (Phi) is 53.0. The number of hydrogen-bond acceptors (Lipinski definition) is 0. The van der Waals surface area contributed by atoms with Gasteiger partial charge in [-0.3, -0.25) is 0 Å². The zero-order valence-corrected chi connectivity index (χ0v) is 25.2. The molecule has 0 rings (SSSR count). The summed E-state index contributed by atoms with van der Waals surface area (Å²) in [5, 5.41) is 0.257. The standard InChI is InChI=1S/C10H19Cl.C7H14.C6H10.C3H8.2C2H6.CH4/c1-8(2)6-9(11)7-10(3,4)5;1-5-6-7(2,3)4;1-4-5-6(2)3;1-3-2;2*1-2;/h9H,1,6-7H2,2-5H3;5H,1,6H2,2-4H3;4H,1-2,5H2,3H3;3H2,1-2H3;2*1-2H3;1H4. The maximum absolute atomic E-state index is 6.10. The van der Waals surface area contributed by atoms with E-state index < -0.39 is 0 Å². The van der Waals surface area contributed by atoms with E-state index in [2.05, 4.69) is 81.7 Å². The van der Waals surface area contributed by atoms with Crippen LogP contribution in [0, 0.1) is 10.8 Å². The molecule has 0 bridgehead atoms. The third kappa shape index (κ3) is 100. The van der Waals surface area contributed by atoms with Crippen LogP contribution in [0.1, 0.15) is 136 Å². The fraction of sp³-hybridized carbons (Fsp3) is 0.742. The van der Waals surface area contributed by atoms with Crippen LogP contribution in [0.4, 0.5) is 0 Å². The number of halogens is 1. The molecule has 1 atom stereocenters. The molecule has 0 aliphatic carbocycles. The third-order valence-corrected chi connectivity index (χ3v) is 2.96. The first kappa shape index (κ1) is 48.6. The maximum Gasteiger partial charge on any atom is 0.0377 e. The summed E-state index contributed by atoms with van der Waals surface area (Å²) in [4.78, 5) is 0. The van der Waals surface area contributed by atoms with Gasteiger partial charge in [0, 0.05) is 5.38 Å². The van der Waals surface area contributed by atoms with Gasteiger partial charge in [0.25, 0.3) is 0 Å². The van der Waals surface area contributed by atoms with E-state index in [0.29, 0.717) is 10.8 Å². The van der Waals surface area contributed by atoms with Crippen LogP contribution in [0.5, 0.6) is 0 Å². The molecule has 0 radical (unpaired) electrons. The fourth-order valence-corrected chi connectivity index (χ4v) is 2.52. The van der Waals surface area contributed by atoms with Gasteiger partial charge in [-0.25, -0.2) is 0 Å². The normalized spacial score (nSPS) is 9.84. The molecule has 0 N–H and O–H groups in total. The lowest BCUT2D eigenvalue weighted by Crippen LogP contribution is -2.13. The predicted octanol–water partition coefficient (Wildman–Crippen LogP) is 12.8. The van der Waals surface area contributed by atoms with Crippen LogP contribution in [0.15, 0.2) is 49.6 Å². The van der Waals surface area contributed by atoms with Gasteiger partial charge >= 0.3 is 0 Å². The smallest absolute Gasteiger partial charge is 0.0377 e. The van der Waals surface area contributed by atoms with Gasteiger partial charge in [0.2, 0.25) is 0 Å². The van der Waals surface area contributed by atoms with Gasteiger partial charge in [-0.1, -0.05) is 127 Å². The molecule has 0 heterocycles. The summed E-state index contributed by atoms with van der Waals surface area (Å²) in [6.07, 6.45) is 9.11. The average molecular weight is 475 g/mol. The minimum Gasteiger partial charge on any atom is -0.123 e. The van der Waals surface area contributed by atoms with Crippen LogP contribution in [-0.4, -0.2) is 5.38 Å². The quantitative estimate of drug-likeness (QED) is 0.265. The highest BCUT2D eigenvalue weighted by molar-refractivity contribution is 6.20. The zero-order chi connectivity index (χ0) is 26.7. The van der Waals surface area contributed by atoms with E-state index in [9.17, 15) is 0 Å². The van der Waals surface area contributed by atoms with E-state index in [0.717, 1.165) is 25.7 Å². The molecule has 198 valence electrons. The molecule has 0 saturated heterocycles. The third-order valence-electron chi connectivity index (χ3n) is 2.65. The number of alkyl halides is 1. The molecule has 0 aliphatic rings. The van der Waals surface area contributed by atoms with Crippen molar-refractivity contribution in [3.05, 3.63) is 49.6 Å². The molecular weight excluding hydrogens is 408 g/mol. The van der Waals surface area contributed by atoms with Crippen LogP contribution >= 0.6 is 11.6 Å². The summed E-state index contributed by atoms with van der Waals surface area (Å²) in [6.45, 7) is 44.2. The summed E-state index contributed by atoms with van der Waals surface area (Å²) in [6, 6.07) is 0. The zero-order valence-electron chi connectivity index (χ0n) is 24.5. The molecule has 1 heteroatoms. The topological polar surface area (TPSA) is 0 Å². The molecule has 1 unspecified atom stereocenters. The Bertz CT molecular complexity index is 374. The molecule has 0 aromatic carbocycles. The van der Waals surface area contributed by atoms with Gasteiger partial charge in [0.05, 0.1) is 0 Å². The number of allylic oxidation sites excluding steroid dienone is 4. The van der Waals surface area contributed by atoms with E-state index >= 15 is 0 Å². The first-order valence-electron chi connectivity index (χ1n) is 12.2. The summed E-state index contributed by atoms with van der Waals surface area (Å²) >= 11 is 6.10. The Hall–Kier alpha value is -0.750. The van der Waals surface area contributed by atoms with Crippen molar-refractivity contribution in [3.8, 4) is 0 Å². The minimum atomic E-state index is 0. The highest BCUT2D eigenvalue weighted by atomic mass is 35.5. The van der Waals surface area contributed by atoms with E-state index in [1.54, 1.807) is 0 Å². The van der Waals surface area contributed by atoms with Gasteiger partial charge in [-0.2, -0.15) is 0 Å². The fourth-order valence-electron chi connectivity index (χ4n) is 1.79. The van der Waals surface area contributed by atoms with E-state index in [4.69, 9.17) is 11.6 Å². The van der Waals surface area contributed by atoms with Crippen LogP contribution in [0.2, 0.25) is 0 Å². The summed E-state index contributed by atoms with van der Waals surface area (Å²) in [7, 11) is 0. The highest BCUT2D eigenvalue weighted by Gasteiger charge is 2.16. The molecule has 0 saturated carbocycles. The maximum atomic E-state index is 6.10. The summed E-state index contributed by atoms with van der Waals surface area (Å²) in [5.41, 5.74) is 3.11. The van der Waals surface area contributed by atoms with Crippen LogP contribution in [0.25, 0.3) is 0 Å². The number of hydrogen-bond donors (Lipinski definition) is 0. The van der Waals surface area contributed by atoms with Gasteiger partial charge < -0.3 is 0 Å². The first-order chi connectivity index (χ1) is 14.1. The lowest BCUT2D eigenvalue weighted by atomic mass is 9.89. The van der Waals surface area contributed by atoms with Crippen molar-refractivity contribution in [1.82, 2.24) is 0 Å². The minimum absolute atomic E-state index is 0. The Morgan fingerprint density at radius 1 is 0.781 bits per heavy atom. The highest BCUT2D eigenvalue weighted by Crippen LogP contribution is 2.26. The van der Waals surface area contributed by atoms with Crippen LogP contribution < -0.4 is 0 Å². The van der Waals surface area contributed by atoms with E-state index in [-0.39, 0.29) is 12.8 Å². The largest absolute Gasteiger partial charge is 0.123 e. The SMILES string of the molecule is C.C=C(C)CC(Cl)CC(C)(C)C.C=CCC(=C)C.C=CCC(C)(C)C.CC.CC.CCC. The van der Waals surface area contributed by atoms with Crippen molar-refractivity contribution in [2.24, 2.45) is 10.8 Å². The Labute approximate surface area is 213 Å². The molecule has 0 aliphatic heterocycles. The van der Waals surface area contributed by atoms with Crippen molar-refractivity contribution >= 4 is 11.6 Å². The van der Waals surface area contributed by atoms with Crippen molar-refractivity contribution in [2.75, 3.05) is 0 Å². The molecule has 0 nitrogen and oxygen atoms in total. The first-order valence-corrected chi connectivity index (χ1v) is 12.6. The molecular formula is C31H67Cl. The van der Waals surface area contributed by atoms with Crippen LogP contribution in [0.3, 0.4) is 0 Å². The van der Waals surface area contributed by atoms with E-state index in [1.165, 1.54) is 17.6 Å². The molecule has 0 aromatic heterocycles. The van der Waals surface area contributed by atoms with Crippen molar-refractivity contribution in [2.45, 2.75) is 142 Å². The van der Waals surface area contributed by atoms with E-state index in [1.807, 2.05) is 53.7 Å². The lowest BCUT2D eigenvalue weighted by Gasteiger charge is -2.21. The van der Waals surface area contributed by atoms with Gasteiger partial charge in [0.15, 0.2) is 0 Å². The summed E-state index contributed by atoms with van der Waals surface area (Å²) < 4.78 is 0. The van der Waals surface area contributed by atoms with Crippen molar-refractivity contribution in [3.63, 3.8) is 0 Å². The molecule has 32 heavy (non-hydrogen) atoms. The molecule has 0 aromatic rings. The second-order valence-electron chi connectivity index (χ2n) is 9.73. The number of rotatable bonds is 6. The van der Waals surface area contributed by atoms with Gasteiger partial charge in [0.1, 0.15) is 0 Å². The van der Waals surface area contributed by atoms with Crippen molar-refractivity contribution in [1.29, 1.82) is 0 Å². The van der Waals surface area contributed by atoms with Gasteiger partial charge in [-0.05, 0) is 50.4 Å². The predicted molar refractivity (Wildman–Crippen MR) is 162 cm³/mol. The summed E-state index contributed by atoms with van der Waals surface area (Å²) in [5.74, 6) is 0. The molecule has 0 spiro atoms. The second kappa shape index (κ2) is 34.9. The Morgan fingerprint density at radius 2 is 1.12 bits per heavy atom. The van der Waals surface area contributed by atoms with Crippen molar-refractivity contribution < 1.29 is 0 Å². The van der Waals surface area contributed by atoms with Crippen LogP contribution in [-0.2, 0) is 0 Å². The van der Waals surface area contributed by atoms with Gasteiger partial charge in [-0.15, -0.1) is 31.3 Å². The lowest BCUT2D eigenvalue weighted by molar-refractivity contribution is 0.369. The molecule has 0 fully saturated rings. The molecule has 0 amide bonds. The Morgan fingerprint density at radius 3 is 1.22 bits per heavy atom. The second-order valence-corrected chi connectivity index (χ2v) is 10.4. The average Bonchev–Trinajstić information content (AvgIpc) is 2.56. The Balaban J connectivity index is -0.0000000522.